The van der Waals surface area contributed by atoms with Crippen molar-refractivity contribution in [3.8, 4) is 0 Å². The van der Waals surface area contributed by atoms with Crippen LogP contribution in [0.25, 0.3) is 0 Å². The van der Waals surface area contributed by atoms with Gasteiger partial charge in [0.05, 0.1) is 6.10 Å². The number of aromatic nitrogens is 1. The molecule has 3 nitrogen and oxygen atoms in total. The van der Waals surface area contributed by atoms with Crippen molar-refractivity contribution in [2.45, 2.75) is 25.5 Å². The Balaban J connectivity index is 2.59. The number of aliphatic hydroxyl groups is 1. The molecule has 0 amide bonds. The second-order valence-electron chi connectivity index (χ2n) is 2.98. The van der Waals surface area contributed by atoms with Gasteiger partial charge in [-0.25, -0.2) is 0 Å². The van der Waals surface area contributed by atoms with Crippen LogP contribution in [0.2, 0.25) is 0 Å². The first-order valence-electron chi connectivity index (χ1n) is 4.03. The van der Waals surface area contributed by atoms with E-state index >= 15 is 0 Å². The van der Waals surface area contributed by atoms with Crippen molar-refractivity contribution in [3.05, 3.63) is 30.1 Å². The standard InChI is InChI=1S/C9H14N2O/c1-7(12)5-9(10)8-3-2-4-11-6-8/h2-4,6-7,9,12H,5,10H2,1H3. The fourth-order valence-electron chi connectivity index (χ4n) is 1.10. The Bertz CT molecular complexity index is 223. The molecule has 0 aliphatic carbocycles. The fraction of sp³-hybridized carbons (Fsp3) is 0.444. The number of hydrogen-bond acceptors (Lipinski definition) is 3. The number of nitrogens with zero attached hydrogens (tertiary/aromatic N) is 1. The first kappa shape index (κ1) is 9.16. The second-order valence-corrected chi connectivity index (χ2v) is 2.98. The predicted molar refractivity (Wildman–Crippen MR) is 47.5 cm³/mol. The molecule has 1 heterocycles. The molecule has 0 aliphatic heterocycles. The third kappa shape index (κ3) is 2.60. The summed E-state index contributed by atoms with van der Waals surface area (Å²) >= 11 is 0. The van der Waals surface area contributed by atoms with Crippen LogP contribution in [0.5, 0.6) is 0 Å². The van der Waals surface area contributed by atoms with Crippen LogP contribution in [-0.4, -0.2) is 16.2 Å². The highest BCUT2D eigenvalue weighted by molar-refractivity contribution is 5.13. The minimum absolute atomic E-state index is 0.112. The lowest BCUT2D eigenvalue weighted by atomic mass is 10.0. The molecule has 0 bridgehead atoms. The average molecular weight is 166 g/mol. The van der Waals surface area contributed by atoms with Crippen molar-refractivity contribution in [2.75, 3.05) is 0 Å². The number of hydrogen-bond donors (Lipinski definition) is 2. The lowest BCUT2D eigenvalue weighted by Gasteiger charge is -2.12. The number of nitrogens with two attached hydrogens (primary N) is 1. The molecule has 12 heavy (non-hydrogen) atoms. The van der Waals surface area contributed by atoms with Gasteiger partial charge in [-0.05, 0) is 25.0 Å². The molecule has 0 aliphatic rings. The Morgan fingerprint density at radius 2 is 2.42 bits per heavy atom. The normalized spacial score (nSPS) is 15.6. The summed E-state index contributed by atoms with van der Waals surface area (Å²) in [6.45, 7) is 1.73. The second kappa shape index (κ2) is 4.18. The van der Waals surface area contributed by atoms with Gasteiger partial charge in [-0.2, -0.15) is 0 Å². The van der Waals surface area contributed by atoms with E-state index in [9.17, 15) is 0 Å². The number of pyridine rings is 1. The van der Waals surface area contributed by atoms with Crippen molar-refractivity contribution in [1.82, 2.24) is 4.98 Å². The monoisotopic (exact) mass is 166 g/mol. The smallest absolute Gasteiger partial charge is 0.0530 e. The van der Waals surface area contributed by atoms with Crippen LogP contribution in [-0.2, 0) is 0 Å². The minimum Gasteiger partial charge on any atom is -0.393 e. The van der Waals surface area contributed by atoms with Crippen molar-refractivity contribution in [2.24, 2.45) is 5.73 Å². The molecule has 1 rings (SSSR count). The van der Waals surface area contributed by atoms with Crippen LogP contribution in [0.3, 0.4) is 0 Å². The van der Waals surface area contributed by atoms with Crippen molar-refractivity contribution in [1.29, 1.82) is 0 Å². The Kier molecular flexibility index (Phi) is 3.19. The number of aliphatic hydroxyl groups excluding tert-OH is 1. The maximum Gasteiger partial charge on any atom is 0.0530 e. The van der Waals surface area contributed by atoms with Gasteiger partial charge < -0.3 is 10.8 Å². The highest BCUT2D eigenvalue weighted by Crippen LogP contribution is 2.13. The largest absolute Gasteiger partial charge is 0.393 e. The Hall–Kier alpha value is -0.930. The molecular weight excluding hydrogens is 152 g/mol. The summed E-state index contributed by atoms with van der Waals surface area (Å²) in [5.41, 5.74) is 6.77. The average Bonchev–Trinajstić information content (AvgIpc) is 2.05. The van der Waals surface area contributed by atoms with Gasteiger partial charge in [-0.15, -0.1) is 0 Å². The summed E-state index contributed by atoms with van der Waals surface area (Å²) < 4.78 is 0. The van der Waals surface area contributed by atoms with E-state index < -0.39 is 0 Å². The van der Waals surface area contributed by atoms with Gasteiger partial charge in [0.2, 0.25) is 0 Å². The van der Waals surface area contributed by atoms with Crippen LogP contribution in [0.1, 0.15) is 24.9 Å². The molecule has 0 aromatic carbocycles. The maximum atomic E-state index is 9.08. The van der Waals surface area contributed by atoms with Gasteiger partial charge in [0.25, 0.3) is 0 Å². The van der Waals surface area contributed by atoms with Gasteiger partial charge in [-0.1, -0.05) is 6.07 Å². The molecule has 0 fully saturated rings. The summed E-state index contributed by atoms with van der Waals surface area (Å²) in [4.78, 5) is 3.95. The summed E-state index contributed by atoms with van der Waals surface area (Å²) in [5, 5.41) is 9.08. The molecule has 0 spiro atoms. The van der Waals surface area contributed by atoms with Gasteiger partial charge in [-0.3, -0.25) is 4.98 Å². The van der Waals surface area contributed by atoms with Crippen LogP contribution in [0.15, 0.2) is 24.5 Å². The molecule has 2 unspecified atom stereocenters. The highest BCUT2D eigenvalue weighted by atomic mass is 16.3. The Morgan fingerprint density at radius 3 is 2.92 bits per heavy atom. The van der Waals surface area contributed by atoms with Crippen LogP contribution < -0.4 is 5.73 Å². The maximum absolute atomic E-state index is 9.08. The van der Waals surface area contributed by atoms with Crippen LogP contribution >= 0.6 is 0 Å². The van der Waals surface area contributed by atoms with E-state index in [-0.39, 0.29) is 12.1 Å². The van der Waals surface area contributed by atoms with Crippen molar-refractivity contribution >= 4 is 0 Å². The number of rotatable bonds is 3. The molecular formula is C9H14N2O. The predicted octanol–water partition coefficient (Wildman–Crippen LogP) is 0.852. The summed E-state index contributed by atoms with van der Waals surface area (Å²) in [5.74, 6) is 0. The summed E-state index contributed by atoms with van der Waals surface area (Å²) in [6.07, 6.45) is 3.65. The molecule has 2 atom stereocenters. The minimum atomic E-state index is -0.361. The fourth-order valence-corrected chi connectivity index (χ4v) is 1.10. The van der Waals surface area contributed by atoms with Gasteiger partial charge in [0.1, 0.15) is 0 Å². The van der Waals surface area contributed by atoms with Crippen molar-refractivity contribution < 1.29 is 5.11 Å². The summed E-state index contributed by atoms with van der Waals surface area (Å²) in [6, 6.07) is 3.65. The third-order valence-electron chi connectivity index (χ3n) is 1.71. The molecule has 0 radical (unpaired) electrons. The molecule has 0 saturated heterocycles. The van der Waals surface area contributed by atoms with E-state index in [4.69, 9.17) is 10.8 Å². The zero-order chi connectivity index (χ0) is 8.97. The van der Waals surface area contributed by atoms with Gasteiger partial charge in [0, 0.05) is 18.4 Å². The van der Waals surface area contributed by atoms with E-state index in [1.165, 1.54) is 0 Å². The SMILES string of the molecule is CC(O)CC(N)c1cccnc1. The lowest BCUT2D eigenvalue weighted by molar-refractivity contribution is 0.175. The topological polar surface area (TPSA) is 59.1 Å². The quantitative estimate of drug-likeness (QED) is 0.700. The van der Waals surface area contributed by atoms with E-state index in [0.29, 0.717) is 6.42 Å². The zero-order valence-electron chi connectivity index (χ0n) is 7.14. The van der Waals surface area contributed by atoms with Gasteiger partial charge in [0.15, 0.2) is 0 Å². The van der Waals surface area contributed by atoms with E-state index in [0.717, 1.165) is 5.56 Å². The summed E-state index contributed by atoms with van der Waals surface area (Å²) in [7, 11) is 0. The van der Waals surface area contributed by atoms with Crippen molar-refractivity contribution in [3.63, 3.8) is 0 Å². The Labute approximate surface area is 72.2 Å². The molecule has 1 aromatic rings. The highest BCUT2D eigenvalue weighted by Gasteiger charge is 2.08. The lowest BCUT2D eigenvalue weighted by Crippen LogP contribution is -2.16. The Morgan fingerprint density at radius 1 is 1.67 bits per heavy atom. The van der Waals surface area contributed by atoms with E-state index in [2.05, 4.69) is 4.98 Å². The van der Waals surface area contributed by atoms with Crippen LogP contribution in [0.4, 0.5) is 0 Å². The van der Waals surface area contributed by atoms with Crippen LogP contribution in [0, 0.1) is 0 Å². The molecule has 3 N–H and O–H groups in total. The van der Waals surface area contributed by atoms with E-state index in [1.807, 2.05) is 12.1 Å². The van der Waals surface area contributed by atoms with Gasteiger partial charge >= 0.3 is 0 Å². The first-order chi connectivity index (χ1) is 5.70. The molecule has 0 saturated carbocycles. The third-order valence-corrected chi connectivity index (χ3v) is 1.71. The zero-order valence-corrected chi connectivity index (χ0v) is 7.14. The first-order valence-corrected chi connectivity index (χ1v) is 4.03. The molecule has 1 aromatic heterocycles. The molecule has 3 heteroatoms. The molecule has 66 valence electrons. The van der Waals surface area contributed by atoms with E-state index in [1.54, 1.807) is 19.3 Å².